The van der Waals surface area contributed by atoms with Crippen LogP contribution in [0.4, 0.5) is 0 Å². The number of ketones is 1. The summed E-state index contributed by atoms with van der Waals surface area (Å²) in [7, 11) is 0. The number of rotatable bonds is 5. The predicted octanol–water partition coefficient (Wildman–Crippen LogP) is 2.07. The van der Waals surface area contributed by atoms with Gasteiger partial charge in [0.1, 0.15) is 12.4 Å². The summed E-state index contributed by atoms with van der Waals surface area (Å²) in [6.45, 7) is 1.68. The second-order valence-electron chi connectivity index (χ2n) is 3.92. The monoisotopic (exact) mass is 256 g/mol. The van der Waals surface area contributed by atoms with Gasteiger partial charge in [0.2, 0.25) is 0 Å². The Balaban J connectivity index is 2.03. The maximum absolute atomic E-state index is 11.2. The number of carbonyl (C=O) groups excluding carboxylic acids is 2. The lowest BCUT2D eigenvalue weighted by atomic mass is 10.1. The summed E-state index contributed by atoms with van der Waals surface area (Å²) in [4.78, 5) is 29.7. The summed E-state index contributed by atoms with van der Waals surface area (Å²) in [6.07, 6.45) is 3.55. The predicted molar refractivity (Wildman–Crippen MR) is 68.2 cm³/mol. The van der Waals surface area contributed by atoms with Crippen LogP contribution in [-0.2, 0) is 6.61 Å². The average molecular weight is 256 g/mol. The second kappa shape index (κ2) is 5.86. The van der Waals surface area contributed by atoms with Crippen LogP contribution in [0.5, 0.6) is 5.75 Å². The number of aldehydes is 1. The molecule has 1 heterocycles. The van der Waals surface area contributed by atoms with Crippen molar-refractivity contribution >= 4 is 12.1 Å². The molecule has 96 valence electrons. The van der Waals surface area contributed by atoms with Crippen LogP contribution in [0.3, 0.4) is 0 Å². The smallest absolute Gasteiger partial charge is 0.166 e. The summed E-state index contributed by atoms with van der Waals surface area (Å²) in [5, 5.41) is 0. The molecule has 1 aromatic heterocycles. The minimum Gasteiger partial charge on any atom is -0.486 e. The Labute approximate surface area is 110 Å². The van der Waals surface area contributed by atoms with Gasteiger partial charge in [-0.2, -0.15) is 0 Å². The largest absolute Gasteiger partial charge is 0.486 e. The van der Waals surface area contributed by atoms with Gasteiger partial charge >= 0.3 is 0 Å². The SMILES string of the molecule is CC(=O)c1cccc(OCc2ncc(C=O)cn2)c1. The molecule has 0 saturated carbocycles. The van der Waals surface area contributed by atoms with Gasteiger partial charge in [-0.05, 0) is 19.1 Å². The molecule has 0 fully saturated rings. The van der Waals surface area contributed by atoms with Crippen molar-refractivity contribution in [3.05, 3.63) is 53.6 Å². The molecule has 0 aliphatic carbocycles. The highest BCUT2D eigenvalue weighted by Gasteiger charge is 2.03. The maximum Gasteiger partial charge on any atom is 0.166 e. The third kappa shape index (κ3) is 3.45. The van der Waals surface area contributed by atoms with Crippen molar-refractivity contribution in [2.45, 2.75) is 13.5 Å². The van der Waals surface area contributed by atoms with Crippen LogP contribution in [0.25, 0.3) is 0 Å². The zero-order chi connectivity index (χ0) is 13.7. The van der Waals surface area contributed by atoms with Gasteiger partial charge in [0.05, 0.1) is 5.56 Å². The van der Waals surface area contributed by atoms with Gasteiger partial charge in [0.15, 0.2) is 17.9 Å². The summed E-state index contributed by atoms with van der Waals surface area (Å²) in [6, 6.07) is 6.90. The van der Waals surface area contributed by atoms with Crippen LogP contribution >= 0.6 is 0 Å². The number of nitrogens with zero attached hydrogens (tertiary/aromatic N) is 2. The molecule has 0 amide bonds. The molecular formula is C14H12N2O3. The third-order valence-electron chi connectivity index (χ3n) is 2.47. The third-order valence-corrected chi connectivity index (χ3v) is 2.47. The molecule has 19 heavy (non-hydrogen) atoms. The molecule has 5 heteroatoms. The van der Waals surface area contributed by atoms with Crippen molar-refractivity contribution in [3.63, 3.8) is 0 Å². The zero-order valence-corrected chi connectivity index (χ0v) is 10.4. The van der Waals surface area contributed by atoms with E-state index >= 15 is 0 Å². The van der Waals surface area contributed by atoms with Gasteiger partial charge in [0, 0.05) is 18.0 Å². The first kappa shape index (κ1) is 12.9. The van der Waals surface area contributed by atoms with Crippen LogP contribution in [0.2, 0.25) is 0 Å². The highest BCUT2D eigenvalue weighted by atomic mass is 16.5. The van der Waals surface area contributed by atoms with Gasteiger partial charge in [0.25, 0.3) is 0 Å². The van der Waals surface area contributed by atoms with Crippen LogP contribution in [0.1, 0.15) is 33.5 Å². The van der Waals surface area contributed by atoms with Crippen LogP contribution < -0.4 is 4.74 Å². The Morgan fingerprint density at radius 3 is 2.68 bits per heavy atom. The zero-order valence-electron chi connectivity index (χ0n) is 10.4. The molecule has 2 aromatic rings. The van der Waals surface area contributed by atoms with Gasteiger partial charge in [-0.3, -0.25) is 9.59 Å². The molecule has 2 rings (SSSR count). The first-order valence-electron chi connectivity index (χ1n) is 5.69. The highest BCUT2D eigenvalue weighted by molar-refractivity contribution is 5.94. The molecule has 5 nitrogen and oxygen atoms in total. The topological polar surface area (TPSA) is 69.2 Å². The Bertz CT molecular complexity index is 594. The summed E-state index contributed by atoms with van der Waals surface area (Å²) in [5.74, 6) is 1.03. The summed E-state index contributed by atoms with van der Waals surface area (Å²) in [5.41, 5.74) is 1.01. The van der Waals surface area contributed by atoms with Crippen molar-refractivity contribution in [1.29, 1.82) is 0 Å². The van der Waals surface area contributed by atoms with Crippen molar-refractivity contribution < 1.29 is 14.3 Å². The van der Waals surface area contributed by atoms with E-state index < -0.39 is 0 Å². The quantitative estimate of drug-likeness (QED) is 0.605. The van der Waals surface area contributed by atoms with E-state index in [9.17, 15) is 9.59 Å². The van der Waals surface area contributed by atoms with Crippen molar-refractivity contribution in [3.8, 4) is 5.75 Å². The standard InChI is InChI=1S/C14H12N2O3/c1-10(18)12-3-2-4-13(5-12)19-9-14-15-6-11(8-17)7-16-14/h2-8H,9H2,1H3. The summed E-state index contributed by atoms with van der Waals surface area (Å²) < 4.78 is 5.49. The number of hydrogen-bond donors (Lipinski definition) is 0. The Kier molecular flexibility index (Phi) is 3.97. The van der Waals surface area contributed by atoms with E-state index in [-0.39, 0.29) is 12.4 Å². The molecule has 0 unspecified atom stereocenters. The minimum absolute atomic E-state index is 0.0166. The van der Waals surface area contributed by atoms with Crippen molar-refractivity contribution in [2.24, 2.45) is 0 Å². The van der Waals surface area contributed by atoms with E-state index in [1.165, 1.54) is 19.3 Å². The number of Topliss-reactive ketones (excluding diaryl/α,β-unsaturated/α-hetero) is 1. The van der Waals surface area contributed by atoms with E-state index in [0.717, 1.165) is 0 Å². The van der Waals surface area contributed by atoms with E-state index in [4.69, 9.17) is 4.74 Å². The average Bonchev–Trinajstić information content (AvgIpc) is 2.46. The fraction of sp³-hybridized carbons (Fsp3) is 0.143. The first-order chi connectivity index (χ1) is 9.19. The van der Waals surface area contributed by atoms with Crippen LogP contribution in [-0.4, -0.2) is 22.0 Å². The normalized spacial score (nSPS) is 9.95. The lowest BCUT2D eigenvalue weighted by Crippen LogP contribution is -2.02. The summed E-state index contributed by atoms with van der Waals surface area (Å²) >= 11 is 0. The molecule has 0 radical (unpaired) electrons. The first-order valence-corrected chi connectivity index (χ1v) is 5.69. The second-order valence-corrected chi connectivity index (χ2v) is 3.92. The highest BCUT2D eigenvalue weighted by Crippen LogP contribution is 2.14. The van der Waals surface area contributed by atoms with Gasteiger partial charge in [-0.1, -0.05) is 12.1 Å². The van der Waals surface area contributed by atoms with E-state index in [0.29, 0.717) is 29.0 Å². The maximum atomic E-state index is 11.2. The van der Waals surface area contributed by atoms with Crippen LogP contribution in [0.15, 0.2) is 36.7 Å². The van der Waals surface area contributed by atoms with Crippen molar-refractivity contribution in [1.82, 2.24) is 9.97 Å². The van der Waals surface area contributed by atoms with E-state index in [1.807, 2.05) is 0 Å². The molecule has 0 aliphatic heterocycles. The van der Waals surface area contributed by atoms with E-state index in [2.05, 4.69) is 9.97 Å². The number of benzene rings is 1. The Morgan fingerprint density at radius 1 is 1.32 bits per heavy atom. The van der Waals surface area contributed by atoms with Crippen LogP contribution in [0, 0.1) is 0 Å². The van der Waals surface area contributed by atoms with Gasteiger partial charge in [-0.15, -0.1) is 0 Å². The van der Waals surface area contributed by atoms with E-state index in [1.54, 1.807) is 24.3 Å². The molecule has 0 saturated heterocycles. The fourth-order valence-corrected chi connectivity index (χ4v) is 1.45. The Hall–Kier alpha value is -2.56. The van der Waals surface area contributed by atoms with Gasteiger partial charge in [-0.25, -0.2) is 9.97 Å². The molecule has 1 aromatic carbocycles. The molecule has 0 spiro atoms. The number of hydrogen-bond acceptors (Lipinski definition) is 5. The Morgan fingerprint density at radius 2 is 2.05 bits per heavy atom. The fourth-order valence-electron chi connectivity index (χ4n) is 1.45. The molecule has 0 atom stereocenters. The lowest BCUT2D eigenvalue weighted by Gasteiger charge is -2.06. The molecular weight excluding hydrogens is 244 g/mol. The van der Waals surface area contributed by atoms with Crippen molar-refractivity contribution in [2.75, 3.05) is 0 Å². The van der Waals surface area contributed by atoms with Gasteiger partial charge < -0.3 is 4.74 Å². The molecule has 0 aliphatic rings. The number of aromatic nitrogens is 2. The minimum atomic E-state index is -0.0166. The molecule has 0 N–H and O–H groups in total. The number of ether oxygens (including phenoxy) is 1. The molecule has 0 bridgehead atoms. The number of carbonyl (C=O) groups is 2. The lowest BCUT2D eigenvalue weighted by molar-refractivity contribution is 0.101.